The van der Waals surface area contributed by atoms with Crippen LogP contribution in [0.3, 0.4) is 0 Å². The third-order valence-electron chi connectivity index (χ3n) is 4.32. The fourth-order valence-electron chi connectivity index (χ4n) is 3.31. The van der Waals surface area contributed by atoms with Crippen LogP contribution in [0, 0.1) is 5.92 Å². The van der Waals surface area contributed by atoms with Crippen LogP contribution in [0.25, 0.3) is 0 Å². The van der Waals surface area contributed by atoms with E-state index in [2.05, 4.69) is 42.8 Å². The maximum absolute atomic E-state index is 6.45. The minimum absolute atomic E-state index is 0.373. The van der Waals surface area contributed by atoms with Crippen LogP contribution < -0.4 is 5.32 Å². The van der Waals surface area contributed by atoms with E-state index in [-0.39, 0.29) is 0 Å². The molecule has 1 aliphatic carbocycles. The van der Waals surface area contributed by atoms with Gasteiger partial charge in [0.2, 0.25) is 0 Å². The van der Waals surface area contributed by atoms with Crippen molar-refractivity contribution in [2.45, 2.75) is 71.4 Å². The summed E-state index contributed by atoms with van der Waals surface area (Å²) < 4.78 is 2.13. The van der Waals surface area contributed by atoms with Crippen molar-refractivity contribution in [1.29, 1.82) is 0 Å². The molecule has 0 aromatic carbocycles. The number of hydrogen-bond donors (Lipinski definition) is 1. The Kier molecular flexibility index (Phi) is 5.50. The Morgan fingerprint density at radius 2 is 2.00 bits per heavy atom. The van der Waals surface area contributed by atoms with Crippen molar-refractivity contribution in [2.75, 3.05) is 6.54 Å². The normalized spacial score (nSPS) is 23.8. The first-order valence-electron chi connectivity index (χ1n) is 7.97. The largest absolute Gasteiger partial charge is 0.314 e. The first-order valence-corrected chi connectivity index (χ1v) is 8.34. The van der Waals surface area contributed by atoms with Crippen LogP contribution in [0.2, 0.25) is 5.02 Å². The summed E-state index contributed by atoms with van der Waals surface area (Å²) in [6.45, 7) is 9.86. The third-order valence-corrected chi connectivity index (χ3v) is 4.62. The van der Waals surface area contributed by atoms with Gasteiger partial charge in [-0.05, 0) is 39.2 Å². The van der Waals surface area contributed by atoms with Crippen molar-refractivity contribution in [3.63, 3.8) is 0 Å². The van der Waals surface area contributed by atoms with E-state index in [1.807, 2.05) is 6.20 Å². The molecule has 2 unspecified atom stereocenters. The zero-order valence-corrected chi connectivity index (χ0v) is 14.0. The predicted molar refractivity (Wildman–Crippen MR) is 85.5 cm³/mol. The summed E-state index contributed by atoms with van der Waals surface area (Å²) in [5, 5.41) is 8.93. The highest BCUT2D eigenvalue weighted by Gasteiger charge is 2.31. The van der Waals surface area contributed by atoms with Crippen molar-refractivity contribution in [1.82, 2.24) is 15.1 Å². The maximum atomic E-state index is 6.45. The molecule has 1 fully saturated rings. The zero-order valence-electron chi connectivity index (χ0n) is 13.2. The minimum atomic E-state index is 0.373. The summed E-state index contributed by atoms with van der Waals surface area (Å²) >= 11 is 6.45. The zero-order chi connectivity index (χ0) is 14.7. The molecule has 0 bridgehead atoms. The van der Waals surface area contributed by atoms with Crippen molar-refractivity contribution in [3.8, 4) is 0 Å². The number of nitrogens with zero attached hydrogens (tertiary/aromatic N) is 2. The molecule has 1 heterocycles. The molecule has 1 aromatic heterocycles. The molecular formula is C16H28ClN3. The van der Waals surface area contributed by atoms with Crippen LogP contribution in [0.5, 0.6) is 0 Å². The Morgan fingerprint density at radius 1 is 1.30 bits per heavy atom. The van der Waals surface area contributed by atoms with Gasteiger partial charge in [-0.2, -0.15) is 5.10 Å². The highest BCUT2D eigenvalue weighted by Crippen LogP contribution is 2.41. The molecule has 0 saturated heterocycles. The lowest BCUT2D eigenvalue weighted by atomic mass is 9.77. The quantitative estimate of drug-likeness (QED) is 0.873. The average Bonchev–Trinajstić information content (AvgIpc) is 2.78. The van der Waals surface area contributed by atoms with Crippen LogP contribution >= 0.6 is 11.6 Å². The lowest BCUT2D eigenvalue weighted by Crippen LogP contribution is -2.34. The first-order chi connectivity index (χ1) is 9.50. The van der Waals surface area contributed by atoms with Gasteiger partial charge in [0.15, 0.2) is 0 Å². The van der Waals surface area contributed by atoms with Crippen LogP contribution in [-0.2, 0) is 0 Å². The van der Waals surface area contributed by atoms with Gasteiger partial charge >= 0.3 is 0 Å². The molecule has 2 rings (SSSR count). The molecule has 2 atom stereocenters. The fraction of sp³-hybridized carbons (Fsp3) is 0.812. The second-order valence-electron chi connectivity index (χ2n) is 6.63. The van der Waals surface area contributed by atoms with Gasteiger partial charge in [0, 0.05) is 18.0 Å². The Hall–Kier alpha value is -0.540. The van der Waals surface area contributed by atoms with E-state index in [0.29, 0.717) is 23.9 Å². The third kappa shape index (κ3) is 3.56. The van der Waals surface area contributed by atoms with Gasteiger partial charge in [-0.3, -0.25) is 4.68 Å². The summed E-state index contributed by atoms with van der Waals surface area (Å²) in [6, 6.07) is 0.918. The van der Waals surface area contributed by atoms with Crippen LogP contribution in [0.15, 0.2) is 6.20 Å². The lowest BCUT2D eigenvalue weighted by Gasteiger charge is -2.33. The lowest BCUT2D eigenvalue weighted by molar-refractivity contribution is 0.274. The predicted octanol–water partition coefficient (Wildman–Crippen LogP) is 4.39. The van der Waals surface area contributed by atoms with Crippen LogP contribution in [0.4, 0.5) is 0 Å². The highest BCUT2D eigenvalue weighted by atomic mass is 35.5. The smallest absolute Gasteiger partial charge is 0.0820 e. The topological polar surface area (TPSA) is 29.9 Å². The number of nitrogens with one attached hydrogen (secondary N) is 1. The monoisotopic (exact) mass is 297 g/mol. The van der Waals surface area contributed by atoms with Crippen molar-refractivity contribution >= 4 is 11.6 Å². The number of rotatable bonds is 5. The summed E-state index contributed by atoms with van der Waals surface area (Å²) in [5.74, 6) is 1.23. The summed E-state index contributed by atoms with van der Waals surface area (Å²) in [6.07, 6.45) is 7.00. The molecule has 20 heavy (non-hydrogen) atoms. The van der Waals surface area contributed by atoms with E-state index < -0.39 is 0 Å². The number of halogens is 1. The molecular weight excluding hydrogens is 270 g/mol. The first kappa shape index (κ1) is 15.8. The fourth-order valence-corrected chi connectivity index (χ4v) is 3.58. The molecule has 0 spiro atoms. The molecule has 0 radical (unpaired) electrons. The van der Waals surface area contributed by atoms with Gasteiger partial charge in [-0.1, -0.05) is 38.3 Å². The Balaban J connectivity index is 2.21. The van der Waals surface area contributed by atoms with Crippen molar-refractivity contribution < 1.29 is 0 Å². The van der Waals surface area contributed by atoms with E-state index in [0.717, 1.165) is 11.6 Å². The number of aromatic nitrogens is 2. The van der Waals surface area contributed by atoms with Gasteiger partial charge in [-0.25, -0.2) is 0 Å². The second kappa shape index (κ2) is 6.95. The Labute approximate surface area is 128 Å². The van der Waals surface area contributed by atoms with E-state index in [1.54, 1.807) is 0 Å². The maximum Gasteiger partial charge on any atom is 0.0820 e. The van der Waals surface area contributed by atoms with E-state index in [9.17, 15) is 0 Å². The van der Waals surface area contributed by atoms with Gasteiger partial charge in [0.1, 0.15) is 0 Å². The molecule has 4 heteroatoms. The molecule has 3 nitrogen and oxygen atoms in total. The Morgan fingerprint density at radius 3 is 2.65 bits per heavy atom. The van der Waals surface area contributed by atoms with Crippen LogP contribution in [0.1, 0.15) is 71.0 Å². The number of hydrogen-bond acceptors (Lipinski definition) is 2. The van der Waals surface area contributed by atoms with Gasteiger partial charge in [0.25, 0.3) is 0 Å². The molecule has 1 saturated carbocycles. The van der Waals surface area contributed by atoms with Gasteiger partial charge < -0.3 is 5.32 Å². The standard InChI is InChI=1S/C16H28ClN3/c1-11(2)18-9-13-7-5-6-8-14(13)16-15(17)10-19-20(16)12(3)4/h10-14,18H,5-9H2,1-4H3. The SMILES string of the molecule is CC(C)NCC1CCCCC1c1c(Cl)cnn1C(C)C. The molecule has 1 aliphatic rings. The van der Waals surface area contributed by atoms with Gasteiger partial charge in [-0.15, -0.1) is 0 Å². The van der Waals surface area contributed by atoms with Gasteiger partial charge in [0.05, 0.1) is 16.9 Å². The highest BCUT2D eigenvalue weighted by molar-refractivity contribution is 6.31. The molecule has 0 amide bonds. The molecule has 0 aliphatic heterocycles. The van der Waals surface area contributed by atoms with Crippen LogP contribution in [-0.4, -0.2) is 22.4 Å². The minimum Gasteiger partial charge on any atom is -0.314 e. The molecule has 114 valence electrons. The second-order valence-corrected chi connectivity index (χ2v) is 7.04. The van der Waals surface area contributed by atoms with Crippen molar-refractivity contribution in [2.24, 2.45) is 5.92 Å². The van der Waals surface area contributed by atoms with E-state index >= 15 is 0 Å². The van der Waals surface area contributed by atoms with E-state index in [4.69, 9.17) is 11.6 Å². The average molecular weight is 298 g/mol. The van der Waals surface area contributed by atoms with E-state index in [1.165, 1.54) is 31.4 Å². The summed E-state index contributed by atoms with van der Waals surface area (Å²) in [4.78, 5) is 0. The summed E-state index contributed by atoms with van der Waals surface area (Å²) in [7, 11) is 0. The molecule has 1 aromatic rings. The molecule has 1 N–H and O–H groups in total. The van der Waals surface area contributed by atoms with Crippen molar-refractivity contribution in [3.05, 3.63) is 16.9 Å². The Bertz CT molecular complexity index is 425. The summed E-state index contributed by atoms with van der Waals surface area (Å²) in [5.41, 5.74) is 1.26.